The molecule has 3 aromatic rings. The third-order valence-corrected chi connectivity index (χ3v) is 8.77. The Kier molecular flexibility index (Phi) is 10.1. The second-order valence-electron chi connectivity index (χ2n) is 12.2. The fourth-order valence-electron chi connectivity index (χ4n) is 6.12. The predicted molar refractivity (Wildman–Crippen MR) is 170 cm³/mol. The average Bonchev–Trinajstić information content (AvgIpc) is 3.37. The van der Waals surface area contributed by atoms with Gasteiger partial charge >= 0.3 is 0 Å². The Morgan fingerprint density at radius 3 is 2.44 bits per heavy atom. The number of carbonyl (C=O) groups excluding carboxylic acids is 1. The molecule has 2 saturated heterocycles. The fourth-order valence-corrected chi connectivity index (χ4v) is 6.12. The van der Waals surface area contributed by atoms with Crippen molar-refractivity contribution in [3.8, 4) is 0 Å². The molecule has 4 heterocycles. The van der Waals surface area contributed by atoms with Crippen molar-refractivity contribution in [2.45, 2.75) is 78.7 Å². The summed E-state index contributed by atoms with van der Waals surface area (Å²) in [6.07, 6.45) is 12.4. The number of hydrogen-bond donors (Lipinski definition) is 1. The maximum absolute atomic E-state index is 12.9. The smallest absolute Gasteiger partial charge is 0.238 e. The number of aromatic nitrogens is 3. The number of benzene rings is 1. The molecule has 0 radical (unpaired) electrons. The lowest BCUT2D eigenvalue weighted by atomic mass is 10.00. The van der Waals surface area contributed by atoms with E-state index < -0.39 is 0 Å². The second-order valence-corrected chi connectivity index (χ2v) is 12.2. The number of carbonyl (C=O) groups is 1. The van der Waals surface area contributed by atoms with E-state index in [0.29, 0.717) is 6.54 Å². The SMILES string of the molecule is CCCCCCCCn1ccc2cc(NC(=O)CN3CCN(c4cc(C)nc(N5CCC(C)CC5)n4)CC3)ccc21. The molecular formula is C33H49N7O. The summed E-state index contributed by atoms with van der Waals surface area (Å²) in [5.41, 5.74) is 3.13. The molecule has 0 aliphatic carbocycles. The number of piperazine rings is 1. The first-order chi connectivity index (χ1) is 20.0. The van der Waals surface area contributed by atoms with E-state index in [-0.39, 0.29) is 5.91 Å². The number of piperidine rings is 1. The molecule has 41 heavy (non-hydrogen) atoms. The van der Waals surface area contributed by atoms with Crippen LogP contribution in [0.2, 0.25) is 0 Å². The number of nitrogens with zero attached hydrogens (tertiary/aromatic N) is 6. The summed E-state index contributed by atoms with van der Waals surface area (Å²) in [5.74, 6) is 2.70. The van der Waals surface area contributed by atoms with Gasteiger partial charge in [-0.05, 0) is 56.4 Å². The van der Waals surface area contributed by atoms with Crippen molar-refractivity contribution in [3.63, 3.8) is 0 Å². The highest BCUT2D eigenvalue weighted by atomic mass is 16.2. The van der Waals surface area contributed by atoms with E-state index in [4.69, 9.17) is 9.97 Å². The Morgan fingerprint density at radius 1 is 0.902 bits per heavy atom. The lowest BCUT2D eigenvalue weighted by Crippen LogP contribution is -2.49. The minimum Gasteiger partial charge on any atom is -0.354 e. The zero-order valence-electron chi connectivity index (χ0n) is 25.4. The zero-order valence-corrected chi connectivity index (χ0v) is 25.4. The van der Waals surface area contributed by atoms with E-state index in [2.05, 4.69) is 75.8 Å². The van der Waals surface area contributed by atoms with Crippen LogP contribution < -0.4 is 15.1 Å². The summed E-state index contributed by atoms with van der Waals surface area (Å²) in [6, 6.07) is 10.5. The topological polar surface area (TPSA) is 69.5 Å². The van der Waals surface area contributed by atoms with Crippen LogP contribution in [0.4, 0.5) is 17.5 Å². The van der Waals surface area contributed by atoms with Crippen molar-refractivity contribution in [2.75, 3.05) is 60.9 Å². The highest BCUT2D eigenvalue weighted by molar-refractivity contribution is 5.95. The van der Waals surface area contributed by atoms with Gasteiger partial charge in [-0.3, -0.25) is 9.69 Å². The van der Waals surface area contributed by atoms with Gasteiger partial charge in [0.15, 0.2) is 0 Å². The van der Waals surface area contributed by atoms with Crippen molar-refractivity contribution in [1.82, 2.24) is 19.4 Å². The first-order valence-electron chi connectivity index (χ1n) is 15.9. The first-order valence-corrected chi connectivity index (χ1v) is 15.9. The standard InChI is InChI=1S/C33H49N7O/c1-4-5-6-7-8-9-15-38-18-14-28-24-29(10-11-30(28)38)35-32(41)25-37-19-21-39(22-20-37)31-23-27(3)34-33(36-31)40-16-12-26(2)13-17-40/h10-11,14,18,23-24,26H,4-9,12-13,15-17,19-22,25H2,1-3H3,(H,35,41). The molecule has 0 saturated carbocycles. The van der Waals surface area contributed by atoms with Gasteiger partial charge in [0.1, 0.15) is 5.82 Å². The third kappa shape index (κ3) is 8.00. The van der Waals surface area contributed by atoms with Gasteiger partial charge in [-0.15, -0.1) is 0 Å². The van der Waals surface area contributed by atoms with Crippen LogP contribution in [0.1, 0.15) is 70.9 Å². The molecular weight excluding hydrogens is 510 g/mol. The summed E-state index contributed by atoms with van der Waals surface area (Å²) in [6.45, 7) is 13.6. The summed E-state index contributed by atoms with van der Waals surface area (Å²) < 4.78 is 2.34. The molecule has 5 rings (SSSR count). The van der Waals surface area contributed by atoms with E-state index in [9.17, 15) is 4.79 Å². The number of hydrogen-bond acceptors (Lipinski definition) is 6. The van der Waals surface area contributed by atoms with Crippen LogP contribution in [-0.2, 0) is 11.3 Å². The summed E-state index contributed by atoms with van der Waals surface area (Å²) in [5, 5.41) is 4.31. The fraction of sp³-hybridized carbons (Fsp3) is 0.606. The Bertz CT molecular complexity index is 1270. The van der Waals surface area contributed by atoms with Gasteiger partial charge in [0.05, 0.1) is 6.54 Å². The lowest BCUT2D eigenvalue weighted by Gasteiger charge is -2.36. The van der Waals surface area contributed by atoms with Crippen LogP contribution in [0.3, 0.4) is 0 Å². The van der Waals surface area contributed by atoms with Gasteiger partial charge < -0.3 is 19.7 Å². The number of nitrogens with one attached hydrogen (secondary N) is 1. The van der Waals surface area contributed by atoms with Crippen LogP contribution in [0.15, 0.2) is 36.5 Å². The minimum atomic E-state index is 0.0452. The molecule has 2 aliphatic rings. The maximum Gasteiger partial charge on any atom is 0.238 e. The summed E-state index contributed by atoms with van der Waals surface area (Å²) >= 11 is 0. The van der Waals surface area contributed by atoms with Gasteiger partial charge in [0.2, 0.25) is 11.9 Å². The Labute approximate surface area is 246 Å². The Morgan fingerprint density at radius 2 is 1.66 bits per heavy atom. The van der Waals surface area contributed by atoms with E-state index in [1.165, 1.54) is 62.3 Å². The van der Waals surface area contributed by atoms with Gasteiger partial charge in [-0.1, -0.05) is 46.0 Å². The molecule has 1 N–H and O–H groups in total. The number of amides is 1. The van der Waals surface area contributed by atoms with Gasteiger partial charge in [-0.2, -0.15) is 4.98 Å². The molecule has 1 aromatic carbocycles. The summed E-state index contributed by atoms with van der Waals surface area (Å²) in [7, 11) is 0. The average molecular weight is 560 g/mol. The summed E-state index contributed by atoms with van der Waals surface area (Å²) in [4.78, 5) is 29.5. The number of aryl methyl sites for hydroxylation is 2. The second kappa shape index (κ2) is 14.2. The maximum atomic E-state index is 12.9. The molecule has 8 heteroatoms. The third-order valence-electron chi connectivity index (χ3n) is 8.77. The monoisotopic (exact) mass is 559 g/mol. The zero-order chi connectivity index (χ0) is 28.6. The normalized spacial score (nSPS) is 17.0. The highest BCUT2D eigenvalue weighted by Gasteiger charge is 2.23. The molecule has 8 nitrogen and oxygen atoms in total. The molecule has 2 fully saturated rings. The predicted octanol–water partition coefficient (Wildman–Crippen LogP) is 6.10. The quantitative estimate of drug-likeness (QED) is 0.271. The molecule has 2 aliphatic heterocycles. The largest absolute Gasteiger partial charge is 0.354 e. The molecule has 0 spiro atoms. The van der Waals surface area contributed by atoms with Gasteiger partial charge in [0.25, 0.3) is 0 Å². The highest BCUT2D eigenvalue weighted by Crippen LogP contribution is 2.24. The number of unbranched alkanes of at least 4 members (excludes halogenated alkanes) is 5. The lowest BCUT2D eigenvalue weighted by molar-refractivity contribution is -0.117. The number of rotatable bonds is 12. The number of fused-ring (bicyclic) bond motifs is 1. The van der Waals surface area contributed by atoms with Gasteiger partial charge in [-0.25, -0.2) is 4.98 Å². The van der Waals surface area contributed by atoms with Crippen molar-refractivity contribution in [1.29, 1.82) is 0 Å². The molecule has 0 unspecified atom stereocenters. The van der Waals surface area contributed by atoms with Crippen molar-refractivity contribution in [2.24, 2.45) is 5.92 Å². The van der Waals surface area contributed by atoms with Crippen molar-refractivity contribution >= 4 is 34.3 Å². The molecule has 0 atom stereocenters. The van der Waals surface area contributed by atoms with E-state index in [0.717, 1.165) is 74.9 Å². The van der Waals surface area contributed by atoms with E-state index in [1.54, 1.807) is 0 Å². The molecule has 2 aromatic heterocycles. The van der Waals surface area contributed by atoms with Crippen LogP contribution >= 0.6 is 0 Å². The van der Waals surface area contributed by atoms with Crippen LogP contribution in [-0.4, -0.2) is 71.2 Å². The van der Waals surface area contributed by atoms with Crippen LogP contribution in [0.5, 0.6) is 0 Å². The van der Waals surface area contributed by atoms with Crippen LogP contribution in [0, 0.1) is 12.8 Å². The minimum absolute atomic E-state index is 0.0452. The van der Waals surface area contributed by atoms with Crippen LogP contribution in [0.25, 0.3) is 10.9 Å². The Balaban J connectivity index is 1.08. The molecule has 222 valence electrons. The van der Waals surface area contributed by atoms with Crippen molar-refractivity contribution in [3.05, 3.63) is 42.2 Å². The van der Waals surface area contributed by atoms with E-state index in [1.807, 2.05) is 6.07 Å². The molecule has 1 amide bonds. The molecule has 0 bridgehead atoms. The van der Waals surface area contributed by atoms with Crippen molar-refractivity contribution < 1.29 is 4.79 Å². The number of anilines is 3. The first kappa shape index (κ1) is 29.4. The van der Waals surface area contributed by atoms with Gasteiger partial charge in [0, 0.05) is 80.4 Å². The van der Waals surface area contributed by atoms with E-state index >= 15 is 0 Å². The Hall–Kier alpha value is -3.13.